The number of fused-ring (bicyclic) bond motifs is 1. The van der Waals surface area contributed by atoms with Gasteiger partial charge in [0.05, 0.1) is 10.6 Å². The quantitative estimate of drug-likeness (QED) is 0.728. The van der Waals surface area contributed by atoms with Crippen molar-refractivity contribution < 1.29 is 9.59 Å². The first-order chi connectivity index (χ1) is 10.5. The molecule has 22 heavy (non-hydrogen) atoms. The van der Waals surface area contributed by atoms with E-state index >= 15 is 0 Å². The molecule has 114 valence electrons. The minimum Gasteiger partial charge on any atom is -0.293 e. The number of nitrogens with one attached hydrogen (secondary N) is 1. The minimum atomic E-state index is -0.252. The van der Waals surface area contributed by atoms with Crippen LogP contribution < -0.4 is 5.32 Å². The molecule has 8 heteroatoms. The molecule has 6 nitrogen and oxygen atoms in total. The SMILES string of the molecule is Cc1sc2nc(NC(=O)CCC(=O)c3cccs3)nn2c1C. The second-order valence-electron chi connectivity index (χ2n) is 4.82. The first-order valence-corrected chi connectivity index (χ1v) is 8.43. The van der Waals surface area contributed by atoms with Crippen molar-refractivity contribution in [1.82, 2.24) is 14.6 Å². The second-order valence-corrected chi connectivity index (χ2v) is 6.95. The van der Waals surface area contributed by atoms with Gasteiger partial charge in [0.25, 0.3) is 0 Å². The van der Waals surface area contributed by atoms with Gasteiger partial charge in [0.1, 0.15) is 0 Å². The van der Waals surface area contributed by atoms with Gasteiger partial charge in [0.2, 0.25) is 16.8 Å². The summed E-state index contributed by atoms with van der Waals surface area (Å²) in [5, 5.41) is 8.74. The predicted octanol–water partition coefficient (Wildman–Crippen LogP) is 3.07. The number of Topliss-reactive ketones (excluding diaryl/α,β-unsaturated/α-hetero) is 1. The monoisotopic (exact) mass is 334 g/mol. The van der Waals surface area contributed by atoms with Crippen molar-refractivity contribution in [1.29, 1.82) is 0 Å². The number of hydrogen-bond acceptors (Lipinski definition) is 6. The summed E-state index contributed by atoms with van der Waals surface area (Å²) in [6.45, 7) is 3.96. The van der Waals surface area contributed by atoms with Gasteiger partial charge in [-0.2, -0.15) is 4.98 Å². The van der Waals surface area contributed by atoms with Crippen LogP contribution in [0.15, 0.2) is 17.5 Å². The molecule has 0 unspecified atom stereocenters. The molecule has 0 aliphatic heterocycles. The average Bonchev–Trinajstić information content (AvgIpc) is 3.18. The van der Waals surface area contributed by atoms with Crippen molar-refractivity contribution in [2.45, 2.75) is 26.7 Å². The van der Waals surface area contributed by atoms with Gasteiger partial charge in [-0.3, -0.25) is 14.9 Å². The van der Waals surface area contributed by atoms with E-state index in [4.69, 9.17) is 0 Å². The summed E-state index contributed by atoms with van der Waals surface area (Å²) in [7, 11) is 0. The molecule has 0 aromatic carbocycles. The summed E-state index contributed by atoms with van der Waals surface area (Å²) in [4.78, 5) is 30.6. The summed E-state index contributed by atoms with van der Waals surface area (Å²) < 4.78 is 1.71. The van der Waals surface area contributed by atoms with Crippen molar-refractivity contribution in [3.05, 3.63) is 33.0 Å². The number of aryl methyl sites for hydroxylation is 2. The molecule has 0 aliphatic rings. The third kappa shape index (κ3) is 2.93. The Hall–Kier alpha value is -2.06. The summed E-state index contributed by atoms with van der Waals surface area (Å²) in [5.74, 6) is 0.0101. The molecule has 3 aromatic heterocycles. The fourth-order valence-electron chi connectivity index (χ4n) is 1.97. The van der Waals surface area contributed by atoms with Crippen LogP contribution in [0.4, 0.5) is 5.95 Å². The number of amides is 1. The lowest BCUT2D eigenvalue weighted by molar-refractivity contribution is -0.116. The van der Waals surface area contributed by atoms with Gasteiger partial charge in [-0.15, -0.1) is 16.4 Å². The number of nitrogens with zero attached hydrogens (tertiary/aromatic N) is 3. The predicted molar refractivity (Wildman–Crippen MR) is 86.9 cm³/mol. The molecule has 0 atom stereocenters. The van der Waals surface area contributed by atoms with Gasteiger partial charge in [0, 0.05) is 17.7 Å². The molecule has 0 radical (unpaired) electrons. The van der Waals surface area contributed by atoms with Gasteiger partial charge in [-0.25, -0.2) is 4.52 Å². The highest BCUT2D eigenvalue weighted by atomic mass is 32.1. The zero-order valence-electron chi connectivity index (χ0n) is 12.1. The van der Waals surface area contributed by atoms with E-state index in [9.17, 15) is 9.59 Å². The third-order valence-electron chi connectivity index (χ3n) is 3.28. The van der Waals surface area contributed by atoms with E-state index in [0.29, 0.717) is 4.88 Å². The van der Waals surface area contributed by atoms with Gasteiger partial charge >= 0.3 is 0 Å². The number of rotatable bonds is 5. The van der Waals surface area contributed by atoms with E-state index in [0.717, 1.165) is 15.5 Å². The van der Waals surface area contributed by atoms with E-state index < -0.39 is 0 Å². The van der Waals surface area contributed by atoms with Gasteiger partial charge < -0.3 is 0 Å². The number of carbonyl (C=O) groups excluding carboxylic acids is 2. The standard InChI is InChI=1S/C14H14N4O2S2/c1-8-9(2)22-14-16-13(17-18(8)14)15-12(20)6-5-10(19)11-4-3-7-21-11/h3-4,7H,5-6H2,1-2H3,(H,15,17,20). The lowest BCUT2D eigenvalue weighted by atomic mass is 10.2. The summed E-state index contributed by atoms with van der Waals surface area (Å²) in [6.07, 6.45) is 0.314. The van der Waals surface area contributed by atoms with Crippen LogP contribution in [0.3, 0.4) is 0 Å². The highest BCUT2D eigenvalue weighted by Crippen LogP contribution is 2.21. The largest absolute Gasteiger partial charge is 0.293 e. The van der Waals surface area contributed by atoms with Crippen LogP contribution in [0, 0.1) is 13.8 Å². The number of thiophene rings is 1. The first kappa shape index (κ1) is 14.9. The molecule has 0 fully saturated rings. The molecular weight excluding hydrogens is 320 g/mol. The first-order valence-electron chi connectivity index (χ1n) is 6.74. The Labute approximate surface area is 134 Å². The third-order valence-corrected chi connectivity index (χ3v) is 5.23. The second kappa shape index (κ2) is 5.98. The van der Waals surface area contributed by atoms with E-state index in [2.05, 4.69) is 15.4 Å². The van der Waals surface area contributed by atoms with E-state index in [1.54, 1.807) is 10.6 Å². The molecule has 3 aromatic rings. The van der Waals surface area contributed by atoms with Gasteiger partial charge in [-0.1, -0.05) is 17.4 Å². The normalized spacial score (nSPS) is 11.0. The number of anilines is 1. The van der Waals surface area contributed by atoms with Crippen LogP contribution in [0.25, 0.3) is 4.96 Å². The topological polar surface area (TPSA) is 76.4 Å². The highest BCUT2D eigenvalue weighted by molar-refractivity contribution is 7.17. The van der Waals surface area contributed by atoms with E-state index in [-0.39, 0.29) is 30.5 Å². The number of thiazole rings is 1. The fourth-order valence-corrected chi connectivity index (χ4v) is 3.57. The molecular formula is C14H14N4O2S2. The lowest BCUT2D eigenvalue weighted by Crippen LogP contribution is -2.14. The molecule has 0 saturated carbocycles. The highest BCUT2D eigenvalue weighted by Gasteiger charge is 2.14. The number of aromatic nitrogens is 3. The lowest BCUT2D eigenvalue weighted by Gasteiger charge is -2.00. The average molecular weight is 334 g/mol. The fraction of sp³-hybridized carbons (Fsp3) is 0.286. The van der Waals surface area contributed by atoms with Crippen LogP contribution in [-0.4, -0.2) is 26.3 Å². The Morgan fingerprint density at radius 2 is 2.14 bits per heavy atom. The maximum atomic E-state index is 11.9. The molecule has 3 heterocycles. The summed E-state index contributed by atoms with van der Waals surface area (Å²) in [5.41, 5.74) is 1.01. The Kier molecular flexibility index (Phi) is 4.04. The van der Waals surface area contributed by atoms with Crippen molar-refractivity contribution >= 4 is 45.3 Å². The minimum absolute atomic E-state index is 0.0181. The Bertz CT molecular complexity index is 833. The molecule has 3 rings (SSSR count). The van der Waals surface area contributed by atoms with Crippen molar-refractivity contribution in [3.63, 3.8) is 0 Å². The molecule has 1 amide bonds. The summed E-state index contributed by atoms with van der Waals surface area (Å²) in [6, 6.07) is 3.59. The Balaban J connectivity index is 1.60. The number of carbonyl (C=O) groups is 2. The van der Waals surface area contributed by atoms with Crippen LogP contribution in [0.5, 0.6) is 0 Å². The van der Waals surface area contributed by atoms with Crippen LogP contribution >= 0.6 is 22.7 Å². The van der Waals surface area contributed by atoms with E-state index in [1.807, 2.05) is 25.3 Å². The van der Waals surface area contributed by atoms with Crippen LogP contribution in [0.2, 0.25) is 0 Å². The van der Waals surface area contributed by atoms with E-state index in [1.165, 1.54) is 22.7 Å². The molecule has 0 saturated heterocycles. The Morgan fingerprint density at radius 3 is 2.82 bits per heavy atom. The molecule has 1 N–H and O–H groups in total. The van der Waals surface area contributed by atoms with Crippen LogP contribution in [-0.2, 0) is 4.79 Å². The molecule has 0 aliphatic carbocycles. The zero-order chi connectivity index (χ0) is 15.7. The Morgan fingerprint density at radius 1 is 1.32 bits per heavy atom. The number of hydrogen-bond donors (Lipinski definition) is 1. The van der Waals surface area contributed by atoms with Gasteiger partial charge in [0.15, 0.2) is 5.78 Å². The van der Waals surface area contributed by atoms with Crippen molar-refractivity contribution in [3.8, 4) is 0 Å². The smallest absolute Gasteiger partial charge is 0.250 e. The molecule has 0 bridgehead atoms. The maximum absolute atomic E-state index is 11.9. The molecule has 0 spiro atoms. The van der Waals surface area contributed by atoms with Gasteiger partial charge in [-0.05, 0) is 25.3 Å². The van der Waals surface area contributed by atoms with Crippen molar-refractivity contribution in [2.24, 2.45) is 0 Å². The van der Waals surface area contributed by atoms with Crippen LogP contribution in [0.1, 0.15) is 33.1 Å². The van der Waals surface area contributed by atoms with Crippen molar-refractivity contribution in [2.75, 3.05) is 5.32 Å². The number of ketones is 1. The maximum Gasteiger partial charge on any atom is 0.250 e. The zero-order valence-corrected chi connectivity index (χ0v) is 13.8. The summed E-state index contributed by atoms with van der Waals surface area (Å²) >= 11 is 2.91.